The number of nitrogens with zero attached hydrogens (tertiary/aromatic N) is 2. The highest BCUT2D eigenvalue weighted by Gasteiger charge is 2.34. The molecular weight excluding hydrogens is 602 g/mol. The third-order valence-corrected chi connectivity index (χ3v) is 9.45. The fourth-order valence-electron chi connectivity index (χ4n) is 6.10. The normalized spacial score (nSPS) is 16.2. The van der Waals surface area contributed by atoms with Gasteiger partial charge in [-0.2, -0.15) is 0 Å². The van der Waals surface area contributed by atoms with Crippen LogP contribution in [0.3, 0.4) is 0 Å². The van der Waals surface area contributed by atoms with E-state index >= 15 is 0 Å². The van der Waals surface area contributed by atoms with Crippen LogP contribution in [-0.2, 0) is 17.6 Å². The summed E-state index contributed by atoms with van der Waals surface area (Å²) in [6, 6.07) is 23.9. The van der Waals surface area contributed by atoms with Crippen LogP contribution in [0.25, 0.3) is 10.2 Å². The number of hydrogen-bond donors (Lipinski definition) is 2. The van der Waals surface area contributed by atoms with E-state index in [0.29, 0.717) is 68.4 Å². The maximum atomic E-state index is 14.0. The predicted octanol–water partition coefficient (Wildman–Crippen LogP) is 6.42. The zero-order valence-corrected chi connectivity index (χ0v) is 26.1. The van der Waals surface area contributed by atoms with Gasteiger partial charge in [0.15, 0.2) is 11.5 Å². The first-order valence-electron chi connectivity index (χ1n) is 15.3. The van der Waals surface area contributed by atoms with E-state index in [1.165, 1.54) is 12.1 Å². The lowest BCUT2D eigenvalue weighted by Gasteiger charge is -2.38. The summed E-state index contributed by atoms with van der Waals surface area (Å²) in [5.74, 6) is 1.54. The molecule has 2 amide bonds. The van der Waals surface area contributed by atoms with Gasteiger partial charge in [-0.3, -0.25) is 9.59 Å². The standard InChI is InChI=1S/C36H33N3O6S/c1-43-30-21-26-22-14-16-39(34(41)13-12-33-38-28-8-2-3-9-32(28)46-33)35(26)23-6-4-7-24(18-23)44-17-5-15-37-36(42)27-20-25(10-11-29(27)40)45-31(30)19-22/h2-4,6-11,18-21,35,40H,5,12-17H2,1H3,(H,37,42). The molecule has 9 nitrogen and oxygen atoms in total. The fourth-order valence-corrected chi connectivity index (χ4v) is 7.07. The molecule has 0 radical (unpaired) electrons. The van der Waals surface area contributed by atoms with Gasteiger partial charge >= 0.3 is 0 Å². The number of nitrogens with one attached hydrogen (secondary N) is 1. The van der Waals surface area contributed by atoms with Gasteiger partial charge in [-0.15, -0.1) is 11.3 Å². The molecule has 4 aromatic carbocycles. The monoisotopic (exact) mass is 635 g/mol. The molecule has 1 unspecified atom stereocenters. The first-order chi connectivity index (χ1) is 22.5. The minimum absolute atomic E-state index is 0.0510. The number of benzene rings is 4. The highest BCUT2D eigenvalue weighted by molar-refractivity contribution is 7.18. The molecular formula is C36H33N3O6S. The number of thiazole rings is 1. The van der Waals surface area contributed by atoms with Crippen LogP contribution < -0.4 is 19.5 Å². The Kier molecular flexibility index (Phi) is 8.19. The van der Waals surface area contributed by atoms with Crippen molar-refractivity contribution in [2.24, 2.45) is 0 Å². The van der Waals surface area contributed by atoms with E-state index in [4.69, 9.17) is 19.2 Å². The lowest BCUT2D eigenvalue weighted by atomic mass is 9.87. The number of fused-ring (bicyclic) bond motifs is 7. The molecule has 3 aliphatic heterocycles. The summed E-state index contributed by atoms with van der Waals surface area (Å²) in [7, 11) is 1.57. The Hall–Kier alpha value is -5.09. The molecule has 0 saturated heterocycles. The van der Waals surface area contributed by atoms with Crippen molar-refractivity contribution < 1.29 is 28.9 Å². The Morgan fingerprint density at radius 3 is 2.85 bits per heavy atom. The van der Waals surface area contributed by atoms with Gasteiger partial charge in [-0.25, -0.2) is 4.98 Å². The SMILES string of the molecule is COc1cc2c3cc1Oc1ccc(O)c(c1)C(=O)NCCCOc1cccc(c1)C2N(C(=O)CCc1nc2ccccc2s1)CC3. The average molecular weight is 636 g/mol. The van der Waals surface area contributed by atoms with Crippen molar-refractivity contribution in [1.82, 2.24) is 15.2 Å². The minimum atomic E-state index is -0.404. The highest BCUT2D eigenvalue weighted by atomic mass is 32.1. The number of aromatic hydroxyl groups is 1. The number of carbonyl (C=O) groups is 2. The van der Waals surface area contributed by atoms with Gasteiger partial charge in [0.1, 0.15) is 17.2 Å². The lowest BCUT2D eigenvalue weighted by molar-refractivity contribution is -0.133. The molecule has 3 aliphatic rings. The fraction of sp³-hybridized carbons (Fsp3) is 0.250. The van der Waals surface area contributed by atoms with Crippen LogP contribution in [0.5, 0.6) is 28.7 Å². The maximum Gasteiger partial charge on any atom is 0.255 e. The Bertz CT molecular complexity index is 1910. The van der Waals surface area contributed by atoms with E-state index in [2.05, 4.69) is 11.4 Å². The van der Waals surface area contributed by atoms with E-state index < -0.39 is 5.91 Å². The van der Waals surface area contributed by atoms with Crippen molar-refractivity contribution in [3.05, 3.63) is 106 Å². The average Bonchev–Trinajstić information content (AvgIpc) is 3.50. The molecule has 234 valence electrons. The molecule has 0 saturated carbocycles. The summed E-state index contributed by atoms with van der Waals surface area (Å²) in [4.78, 5) is 33.5. The van der Waals surface area contributed by atoms with E-state index in [0.717, 1.165) is 31.9 Å². The van der Waals surface area contributed by atoms with Gasteiger partial charge in [0.05, 0.1) is 40.5 Å². The number of rotatable bonds is 4. The zero-order chi connectivity index (χ0) is 31.6. The molecule has 0 spiro atoms. The van der Waals surface area contributed by atoms with Crippen molar-refractivity contribution in [2.75, 3.05) is 26.8 Å². The summed E-state index contributed by atoms with van der Waals surface area (Å²) in [5.41, 5.74) is 3.98. The molecule has 8 rings (SSSR count). The van der Waals surface area contributed by atoms with Crippen LogP contribution in [0.4, 0.5) is 0 Å². The van der Waals surface area contributed by atoms with Gasteiger partial charge < -0.3 is 29.5 Å². The van der Waals surface area contributed by atoms with Gasteiger partial charge in [-0.05, 0) is 84.1 Å². The Morgan fingerprint density at radius 2 is 1.98 bits per heavy atom. The Labute approximate surface area is 270 Å². The lowest BCUT2D eigenvalue weighted by Crippen LogP contribution is -2.40. The number of carbonyl (C=O) groups excluding carboxylic acids is 2. The quantitative estimate of drug-likeness (QED) is 0.235. The van der Waals surface area contributed by atoms with E-state index in [9.17, 15) is 14.7 Å². The Balaban J connectivity index is 1.26. The smallest absolute Gasteiger partial charge is 0.255 e. The number of aromatic nitrogens is 1. The topological polar surface area (TPSA) is 110 Å². The largest absolute Gasteiger partial charge is 0.507 e. The molecule has 0 aliphatic carbocycles. The number of hydrogen-bond acceptors (Lipinski definition) is 8. The van der Waals surface area contributed by atoms with Crippen LogP contribution in [0.1, 0.15) is 50.9 Å². The second kappa shape index (κ2) is 12.7. The molecule has 10 heteroatoms. The van der Waals surface area contributed by atoms with E-state index in [-0.39, 0.29) is 23.3 Å². The van der Waals surface area contributed by atoms with Crippen LogP contribution >= 0.6 is 11.3 Å². The number of methoxy groups -OCH3 is 1. The van der Waals surface area contributed by atoms with Crippen molar-refractivity contribution in [2.45, 2.75) is 31.7 Å². The molecule has 8 bridgehead atoms. The van der Waals surface area contributed by atoms with Crippen LogP contribution in [-0.4, -0.2) is 53.6 Å². The van der Waals surface area contributed by atoms with Crippen LogP contribution in [0.2, 0.25) is 0 Å². The summed E-state index contributed by atoms with van der Waals surface area (Å²) in [5, 5.41) is 14.2. The van der Waals surface area contributed by atoms with Gasteiger partial charge in [-0.1, -0.05) is 24.3 Å². The number of amides is 2. The maximum absolute atomic E-state index is 14.0. The number of phenols is 1. The first kappa shape index (κ1) is 29.6. The third-order valence-electron chi connectivity index (χ3n) is 8.35. The molecule has 0 fully saturated rings. The van der Waals surface area contributed by atoms with Gasteiger partial charge in [0, 0.05) is 25.9 Å². The number of phenolic OH excluding ortho intramolecular Hbond substituents is 1. The molecule has 2 N–H and O–H groups in total. The van der Waals surface area contributed by atoms with E-state index in [1.807, 2.05) is 59.5 Å². The molecule has 5 aromatic rings. The van der Waals surface area contributed by atoms with Crippen LogP contribution in [0, 0.1) is 0 Å². The molecule has 1 atom stereocenters. The van der Waals surface area contributed by atoms with Gasteiger partial charge in [0.2, 0.25) is 5.91 Å². The molecule has 1 aromatic heterocycles. The predicted molar refractivity (Wildman–Crippen MR) is 175 cm³/mol. The summed E-state index contributed by atoms with van der Waals surface area (Å²) in [6.45, 7) is 1.26. The van der Waals surface area contributed by atoms with E-state index in [1.54, 1.807) is 24.5 Å². The Morgan fingerprint density at radius 1 is 1.09 bits per heavy atom. The highest BCUT2D eigenvalue weighted by Crippen LogP contribution is 2.43. The zero-order valence-electron chi connectivity index (χ0n) is 25.3. The van der Waals surface area contributed by atoms with Crippen molar-refractivity contribution in [3.63, 3.8) is 0 Å². The number of aryl methyl sites for hydroxylation is 1. The van der Waals surface area contributed by atoms with Gasteiger partial charge in [0.25, 0.3) is 5.91 Å². The summed E-state index contributed by atoms with van der Waals surface area (Å²) < 4.78 is 19.3. The number of para-hydroxylation sites is 1. The van der Waals surface area contributed by atoms with Crippen molar-refractivity contribution in [3.8, 4) is 28.7 Å². The third kappa shape index (κ3) is 5.95. The first-order valence-corrected chi connectivity index (χ1v) is 16.1. The van der Waals surface area contributed by atoms with Crippen molar-refractivity contribution >= 4 is 33.4 Å². The summed E-state index contributed by atoms with van der Waals surface area (Å²) in [6.07, 6.45) is 2.10. The van der Waals surface area contributed by atoms with Crippen molar-refractivity contribution in [1.29, 1.82) is 0 Å². The minimum Gasteiger partial charge on any atom is -0.507 e. The molecule has 4 heterocycles. The van der Waals surface area contributed by atoms with Crippen LogP contribution in [0.15, 0.2) is 78.9 Å². The second-order valence-corrected chi connectivity index (χ2v) is 12.4. The second-order valence-electron chi connectivity index (χ2n) is 11.3. The number of ether oxygens (including phenoxy) is 3. The summed E-state index contributed by atoms with van der Waals surface area (Å²) >= 11 is 1.63. The molecule has 46 heavy (non-hydrogen) atoms.